The first-order valence-electron chi connectivity index (χ1n) is 9.92. The van der Waals surface area contributed by atoms with Crippen LogP contribution < -0.4 is 16.1 Å². The van der Waals surface area contributed by atoms with Gasteiger partial charge in [0.25, 0.3) is 5.91 Å². The van der Waals surface area contributed by atoms with Gasteiger partial charge in [-0.1, -0.05) is 53.0 Å². The average molecular weight is 493 g/mol. The molecule has 0 unspecified atom stereocenters. The first-order valence-corrected chi connectivity index (χ1v) is 11.0. The second-order valence-electron chi connectivity index (χ2n) is 7.26. The Hall–Kier alpha value is -2.81. The number of rotatable bonds is 5. The molecule has 3 aromatic rings. The van der Waals surface area contributed by atoms with E-state index < -0.39 is 5.91 Å². The van der Waals surface area contributed by atoms with E-state index in [1.165, 1.54) is 0 Å². The number of hydrogen-bond acceptors (Lipinski definition) is 6. The van der Waals surface area contributed by atoms with Gasteiger partial charge in [0.05, 0.1) is 33.9 Å². The van der Waals surface area contributed by atoms with Gasteiger partial charge in [-0.2, -0.15) is 10.2 Å². The summed E-state index contributed by atoms with van der Waals surface area (Å²) >= 11 is 17.9. The van der Waals surface area contributed by atoms with Crippen molar-refractivity contribution in [1.82, 2.24) is 20.2 Å². The van der Waals surface area contributed by atoms with Gasteiger partial charge in [0.2, 0.25) is 0 Å². The van der Waals surface area contributed by atoms with Crippen molar-refractivity contribution in [2.24, 2.45) is 5.10 Å². The second-order valence-corrected chi connectivity index (χ2v) is 8.37. The number of carbonyl (C=O) groups is 1. The van der Waals surface area contributed by atoms with Gasteiger partial charge in [0.15, 0.2) is 10.8 Å². The summed E-state index contributed by atoms with van der Waals surface area (Å²) in [6.07, 6.45) is 3.78. The third kappa shape index (κ3) is 4.26. The minimum absolute atomic E-state index is 0.00377. The molecule has 0 aliphatic carbocycles. The lowest BCUT2D eigenvalue weighted by molar-refractivity contribution is 0.0950. The molecule has 1 aromatic carbocycles. The van der Waals surface area contributed by atoms with Crippen molar-refractivity contribution in [2.45, 2.75) is 19.8 Å². The number of halogens is 3. The number of para-hydroxylation sites is 1. The number of nitrogen functional groups attached to an aromatic ring is 1. The van der Waals surface area contributed by atoms with E-state index in [1.54, 1.807) is 6.21 Å². The van der Waals surface area contributed by atoms with Crippen molar-refractivity contribution in [3.8, 4) is 5.69 Å². The van der Waals surface area contributed by atoms with Crippen molar-refractivity contribution in [3.05, 3.63) is 62.5 Å². The molecule has 0 spiro atoms. The van der Waals surface area contributed by atoms with Crippen LogP contribution in [0.2, 0.25) is 15.2 Å². The number of carbonyl (C=O) groups excluding carboxylic acids is 1. The molecule has 1 aliphatic heterocycles. The minimum atomic E-state index is -0.660. The third-order valence-corrected chi connectivity index (χ3v) is 6.27. The van der Waals surface area contributed by atoms with Crippen molar-refractivity contribution in [3.63, 3.8) is 0 Å². The predicted molar refractivity (Wildman–Crippen MR) is 128 cm³/mol. The summed E-state index contributed by atoms with van der Waals surface area (Å²) in [5, 5.41) is 8.64. The molecule has 32 heavy (non-hydrogen) atoms. The molecule has 1 saturated heterocycles. The lowest BCUT2D eigenvalue weighted by atomic mass is 10.2. The van der Waals surface area contributed by atoms with Gasteiger partial charge in [-0.05, 0) is 31.9 Å². The zero-order valence-corrected chi connectivity index (χ0v) is 19.4. The lowest BCUT2D eigenvalue weighted by Crippen LogP contribution is -2.23. The molecular weight excluding hydrogens is 473 g/mol. The van der Waals surface area contributed by atoms with Crippen molar-refractivity contribution < 1.29 is 4.79 Å². The summed E-state index contributed by atoms with van der Waals surface area (Å²) in [4.78, 5) is 18.7. The van der Waals surface area contributed by atoms with E-state index in [2.05, 4.69) is 20.4 Å². The molecule has 0 bridgehead atoms. The van der Waals surface area contributed by atoms with Crippen molar-refractivity contribution in [2.75, 3.05) is 23.7 Å². The highest BCUT2D eigenvalue weighted by Crippen LogP contribution is 2.34. The number of pyridine rings is 1. The Morgan fingerprint density at radius 1 is 1.16 bits per heavy atom. The van der Waals surface area contributed by atoms with Gasteiger partial charge in [0.1, 0.15) is 10.8 Å². The van der Waals surface area contributed by atoms with Gasteiger partial charge in [0, 0.05) is 13.1 Å². The zero-order valence-electron chi connectivity index (χ0n) is 17.1. The smallest absolute Gasteiger partial charge is 0.291 e. The normalized spacial score (nSPS) is 13.8. The fourth-order valence-electron chi connectivity index (χ4n) is 3.55. The zero-order chi connectivity index (χ0) is 22.8. The highest BCUT2D eigenvalue weighted by atomic mass is 35.5. The molecule has 0 atom stereocenters. The molecular formula is C21H20Cl3N7O. The van der Waals surface area contributed by atoms with Gasteiger partial charge < -0.3 is 10.6 Å². The second kappa shape index (κ2) is 9.36. The molecule has 0 radical (unpaired) electrons. The summed E-state index contributed by atoms with van der Waals surface area (Å²) in [6, 6.07) is 9.89. The van der Waals surface area contributed by atoms with Crippen LogP contribution in [0.5, 0.6) is 0 Å². The fraction of sp³-hybridized carbons (Fsp3) is 0.238. The summed E-state index contributed by atoms with van der Waals surface area (Å²) in [7, 11) is 0. The number of nitrogens with one attached hydrogen (secondary N) is 1. The number of hydrazone groups is 1. The van der Waals surface area contributed by atoms with Crippen LogP contribution in [0.3, 0.4) is 0 Å². The number of nitrogens with zero attached hydrogens (tertiary/aromatic N) is 5. The number of aromatic nitrogens is 3. The Kier molecular flexibility index (Phi) is 6.55. The van der Waals surface area contributed by atoms with E-state index in [1.807, 2.05) is 41.9 Å². The maximum atomic E-state index is 12.6. The minimum Gasteiger partial charge on any atom is -0.396 e. The van der Waals surface area contributed by atoms with Crippen LogP contribution in [-0.2, 0) is 0 Å². The summed E-state index contributed by atoms with van der Waals surface area (Å²) in [6.45, 7) is 3.75. The number of anilines is 2. The molecule has 3 N–H and O–H groups in total. The summed E-state index contributed by atoms with van der Waals surface area (Å²) in [5.74, 6) is 0.270. The third-order valence-electron chi connectivity index (χ3n) is 5.13. The Morgan fingerprint density at radius 2 is 1.84 bits per heavy atom. The monoisotopic (exact) mass is 491 g/mol. The maximum absolute atomic E-state index is 12.6. The van der Waals surface area contributed by atoms with Crippen LogP contribution in [0.15, 0.2) is 35.4 Å². The molecule has 2 aromatic heterocycles. The van der Waals surface area contributed by atoms with Gasteiger partial charge in [-0.3, -0.25) is 4.79 Å². The topological polar surface area (TPSA) is 101 Å². The van der Waals surface area contributed by atoms with E-state index in [0.29, 0.717) is 0 Å². The number of amides is 1. The molecule has 166 valence electrons. The predicted octanol–water partition coefficient (Wildman–Crippen LogP) is 4.48. The number of aryl methyl sites for hydroxylation is 1. The number of nitrogens with two attached hydrogens (primary N) is 1. The van der Waals surface area contributed by atoms with E-state index in [4.69, 9.17) is 45.6 Å². The highest BCUT2D eigenvalue weighted by molar-refractivity contribution is 6.46. The Morgan fingerprint density at radius 3 is 2.53 bits per heavy atom. The van der Waals surface area contributed by atoms with E-state index in [9.17, 15) is 4.79 Å². The summed E-state index contributed by atoms with van der Waals surface area (Å²) < 4.78 is 1.90. The van der Waals surface area contributed by atoms with Crippen LogP contribution in [0.1, 0.15) is 34.6 Å². The van der Waals surface area contributed by atoms with E-state index >= 15 is 0 Å². The molecule has 1 fully saturated rings. The highest BCUT2D eigenvalue weighted by Gasteiger charge is 2.24. The van der Waals surface area contributed by atoms with E-state index in [-0.39, 0.29) is 26.6 Å². The Labute approximate surface area is 200 Å². The van der Waals surface area contributed by atoms with Crippen LogP contribution >= 0.6 is 34.8 Å². The molecule has 4 rings (SSSR count). The Balaban J connectivity index is 1.65. The van der Waals surface area contributed by atoms with Crippen LogP contribution in [0.4, 0.5) is 11.5 Å². The molecule has 3 heterocycles. The molecule has 1 aliphatic rings. The van der Waals surface area contributed by atoms with Crippen LogP contribution in [0.25, 0.3) is 5.69 Å². The first-order chi connectivity index (χ1) is 15.4. The van der Waals surface area contributed by atoms with Gasteiger partial charge in [-0.15, -0.1) is 0 Å². The van der Waals surface area contributed by atoms with Gasteiger partial charge in [-0.25, -0.2) is 15.1 Å². The SMILES string of the molecule is Cc1nn(-c2ccccc2)c(N2CCCC2)c1/C=N/NC(=O)c1nc(Cl)c(Cl)c(N)c1Cl. The standard InChI is InChI=1S/C21H20Cl3N7O/c1-12-14(11-26-28-20(32)18-15(22)17(25)16(23)19(24)27-18)21(30-9-5-6-10-30)31(29-12)13-7-3-2-4-8-13/h2-4,7-8,11H,5-6,9-10H2,1H3,(H2,25,27)(H,28,32)/b26-11+. The van der Waals surface area contributed by atoms with Crippen molar-refractivity contribution in [1.29, 1.82) is 0 Å². The number of hydrogen-bond donors (Lipinski definition) is 2. The quantitative estimate of drug-likeness (QED) is 0.311. The Bertz CT molecular complexity index is 1190. The largest absolute Gasteiger partial charge is 0.396 e. The molecule has 8 nitrogen and oxygen atoms in total. The molecule has 1 amide bonds. The number of benzene rings is 1. The first kappa shape index (κ1) is 22.4. The van der Waals surface area contributed by atoms with E-state index in [0.717, 1.165) is 48.7 Å². The van der Waals surface area contributed by atoms with Gasteiger partial charge >= 0.3 is 0 Å². The van der Waals surface area contributed by atoms with Crippen molar-refractivity contribution >= 4 is 58.4 Å². The summed E-state index contributed by atoms with van der Waals surface area (Å²) in [5.41, 5.74) is 10.6. The molecule has 0 saturated carbocycles. The van der Waals surface area contributed by atoms with Crippen LogP contribution in [0, 0.1) is 6.92 Å². The molecule has 11 heteroatoms. The van der Waals surface area contributed by atoms with Crippen LogP contribution in [-0.4, -0.2) is 40.0 Å². The fourth-order valence-corrected chi connectivity index (χ4v) is 4.14. The maximum Gasteiger partial charge on any atom is 0.291 e. The average Bonchev–Trinajstić information content (AvgIpc) is 3.43. The lowest BCUT2D eigenvalue weighted by Gasteiger charge is -2.20.